The Morgan fingerprint density at radius 1 is 1.42 bits per heavy atom. The van der Waals surface area contributed by atoms with Gasteiger partial charge in [-0.25, -0.2) is 0 Å². The molecule has 104 valence electrons. The van der Waals surface area contributed by atoms with Gasteiger partial charge in [0.05, 0.1) is 12.7 Å². The van der Waals surface area contributed by atoms with Gasteiger partial charge in [0.2, 0.25) is 0 Å². The van der Waals surface area contributed by atoms with Crippen molar-refractivity contribution in [2.24, 2.45) is 0 Å². The first kappa shape index (κ1) is 14.0. The number of carbonyl (C=O) groups excluding carboxylic acids is 1. The highest BCUT2D eigenvalue weighted by molar-refractivity contribution is 5.92. The molecule has 0 atom stereocenters. The molecule has 4 heteroatoms. The number of ether oxygens (including phenoxy) is 1. The van der Waals surface area contributed by atoms with Crippen molar-refractivity contribution >= 4 is 5.91 Å². The summed E-state index contributed by atoms with van der Waals surface area (Å²) in [6.07, 6.45) is 4.52. The van der Waals surface area contributed by atoms with E-state index in [0.29, 0.717) is 24.9 Å². The number of rotatable bonds is 5. The zero-order chi connectivity index (χ0) is 13.9. The molecule has 19 heavy (non-hydrogen) atoms. The van der Waals surface area contributed by atoms with Crippen LogP contribution in [0.3, 0.4) is 0 Å². The van der Waals surface area contributed by atoms with Gasteiger partial charge in [0.1, 0.15) is 5.69 Å². The number of hydrogen-bond acceptors (Lipinski definition) is 3. The Kier molecular flexibility index (Phi) is 4.20. The normalized spacial score (nSPS) is 15.3. The van der Waals surface area contributed by atoms with Crippen molar-refractivity contribution in [1.82, 2.24) is 10.3 Å². The zero-order valence-electron chi connectivity index (χ0n) is 11.9. The molecule has 1 N–H and O–H groups in total. The van der Waals surface area contributed by atoms with Crippen molar-refractivity contribution in [3.05, 3.63) is 29.6 Å². The number of aromatic nitrogens is 1. The summed E-state index contributed by atoms with van der Waals surface area (Å²) in [5, 5.41) is 2.81. The molecular weight excluding hydrogens is 240 g/mol. The second kappa shape index (κ2) is 5.70. The molecule has 0 spiro atoms. The van der Waals surface area contributed by atoms with E-state index in [1.165, 1.54) is 0 Å². The third kappa shape index (κ3) is 4.31. The molecule has 0 saturated heterocycles. The first-order valence-corrected chi connectivity index (χ1v) is 6.83. The van der Waals surface area contributed by atoms with Gasteiger partial charge in [0, 0.05) is 12.7 Å². The maximum atomic E-state index is 11.8. The third-order valence-electron chi connectivity index (χ3n) is 3.13. The first-order chi connectivity index (χ1) is 8.97. The van der Waals surface area contributed by atoms with E-state index in [1.54, 1.807) is 12.3 Å². The van der Waals surface area contributed by atoms with E-state index in [2.05, 4.69) is 31.1 Å². The summed E-state index contributed by atoms with van der Waals surface area (Å²) < 4.78 is 5.47. The van der Waals surface area contributed by atoms with Gasteiger partial charge < -0.3 is 10.1 Å². The molecule has 1 saturated carbocycles. The van der Waals surface area contributed by atoms with E-state index in [-0.39, 0.29) is 11.3 Å². The van der Waals surface area contributed by atoms with Crippen LogP contribution in [0, 0.1) is 0 Å². The fraction of sp³-hybridized carbons (Fsp3) is 0.600. The molecule has 1 amide bonds. The Balaban J connectivity index is 1.81. The summed E-state index contributed by atoms with van der Waals surface area (Å²) in [6, 6.07) is 3.74. The molecule has 1 heterocycles. The minimum absolute atomic E-state index is 0.0557. The quantitative estimate of drug-likeness (QED) is 0.828. The van der Waals surface area contributed by atoms with Gasteiger partial charge in [-0.3, -0.25) is 9.78 Å². The summed E-state index contributed by atoms with van der Waals surface area (Å²) in [6.45, 7) is 7.49. The second-order valence-corrected chi connectivity index (χ2v) is 6.01. The van der Waals surface area contributed by atoms with Gasteiger partial charge >= 0.3 is 0 Å². The Labute approximate surface area is 114 Å². The summed E-state index contributed by atoms with van der Waals surface area (Å²) in [5.41, 5.74) is 1.64. The van der Waals surface area contributed by atoms with Gasteiger partial charge in [-0.1, -0.05) is 26.8 Å². The van der Waals surface area contributed by atoms with Crippen LogP contribution < -0.4 is 5.32 Å². The maximum absolute atomic E-state index is 11.8. The van der Waals surface area contributed by atoms with E-state index in [9.17, 15) is 4.79 Å². The fourth-order valence-corrected chi connectivity index (χ4v) is 1.69. The van der Waals surface area contributed by atoms with Crippen LogP contribution in [0.5, 0.6) is 0 Å². The molecule has 0 aromatic carbocycles. The fourth-order valence-electron chi connectivity index (χ4n) is 1.69. The van der Waals surface area contributed by atoms with Crippen molar-refractivity contribution in [2.75, 3.05) is 13.2 Å². The molecule has 2 rings (SSSR count). The van der Waals surface area contributed by atoms with E-state index in [4.69, 9.17) is 4.74 Å². The van der Waals surface area contributed by atoms with Crippen LogP contribution >= 0.6 is 0 Å². The monoisotopic (exact) mass is 262 g/mol. The molecule has 4 nitrogen and oxygen atoms in total. The molecule has 0 radical (unpaired) electrons. The van der Waals surface area contributed by atoms with Crippen LogP contribution in [0.15, 0.2) is 18.3 Å². The topological polar surface area (TPSA) is 51.2 Å². The molecule has 1 aliphatic rings. The number of nitrogens with zero attached hydrogens (tertiary/aromatic N) is 1. The predicted octanol–water partition coefficient (Wildman–Crippen LogP) is 2.29. The molecule has 1 aliphatic carbocycles. The maximum Gasteiger partial charge on any atom is 0.269 e. The Morgan fingerprint density at radius 3 is 2.68 bits per heavy atom. The largest absolute Gasteiger partial charge is 0.376 e. The Hall–Kier alpha value is -1.42. The second-order valence-electron chi connectivity index (χ2n) is 6.01. The van der Waals surface area contributed by atoms with Crippen LogP contribution in [-0.4, -0.2) is 30.1 Å². The van der Waals surface area contributed by atoms with Gasteiger partial charge in [-0.15, -0.1) is 0 Å². The first-order valence-electron chi connectivity index (χ1n) is 6.83. The van der Waals surface area contributed by atoms with Crippen molar-refractivity contribution in [3.63, 3.8) is 0 Å². The smallest absolute Gasteiger partial charge is 0.269 e. The Bertz CT molecular complexity index is 430. The van der Waals surface area contributed by atoms with Gasteiger partial charge in [0.25, 0.3) is 5.91 Å². The number of amides is 1. The van der Waals surface area contributed by atoms with Crippen LogP contribution in [0.1, 0.15) is 49.7 Å². The third-order valence-corrected chi connectivity index (χ3v) is 3.13. The van der Waals surface area contributed by atoms with Crippen molar-refractivity contribution in [1.29, 1.82) is 0 Å². The zero-order valence-corrected chi connectivity index (χ0v) is 11.9. The van der Waals surface area contributed by atoms with Crippen molar-refractivity contribution in [3.8, 4) is 0 Å². The lowest BCUT2D eigenvalue weighted by molar-refractivity contribution is 0.0894. The number of carbonyl (C=O) groups is 1. The van der Waals surface area contributed by atoms with Crippen LogP contribution in [0.4, 0.5) is 0 Å². The number of nitrogens with one attached hydrogen (secondary N) is 1. The number of pyridine rings is 1. The van der Waals surface area contributed by atoms with Crippen molar-refractivity contribution in [2.45, 2.75) is 45.1 Å². The average Bonchev–Trinajstić information content (AvgIpc) is 3.17. The van der Waals surface area contributed by atoms with Crippen LogP contribution in [0.25, 0.3) is 0 Å². The SMILES string of the molecule is CC(C)(C)c1ccc(C(=O)NCCOC2CC2)nc1. The predicted molar refractivity (Wildman–Crippen MR) is 74.2 cm³/mol. The summed E-state index contributed by atoms with van der Waals surface area (Å²) in [5.74, 6) is -0.139. The standard InChI is InChI=1S/C15H22N2O2/c1-15(2,3)11-4-7-13(17-10-11)14(18)16-8-9-19-12-5-6-12/h4,7,10,12H,5-6,8-9H2,1-3H3,(H,16,18). The highest BCUT2D eigenvalue weighted by atomic mass is 16.5. The lowest BCUT2D eigenvalue weighted by Gasteiger charge is -2.18. The molecular formula is C15H22N2O2. The van der Waals surface area contributed by atoms with E-state index < -0.39 is 0 Å². The molecule has 0 unspecified atom stereocenters. The van der Waals surface area contributed by atoms with Gasteiger partial charge in [0.15, 0.2) is 0 Å². The lowest BCUT2D eigenvalue weighted by Crippen LogP contribution is -2.28. The van der Waals surface area contributed by atoms with E-state index in [1.807, 2.05) is 6.07 Å². The summed E-state index contributed by atoms with van der Waals surface area (Å²) >= 11 is 0. The van der Waals surface area contributed by atoms with E-state index >= 15 is 0 Å². The average molecular weight is 262 g/mol. The van der Waals surface area contributed by atoms with Gasteiger partial charge in [-0.2, -0.15) is 0 Å². The molecule has 1 fully saturated rings. The number of hydrogen-bond donors (Lipinski definition) is 1. The molecule has 0 aliphatic heterocycles. The van der Waals surface area contributed by atoms with E-state index in [0.717, 1.165) is 18.4 Å². The molecule has 1 aromatic rings. The minimum Gasteiger partial charge on any atom is -0.376 e. The summed E-state index contributed by atoms with van der Waals surface area (Å²) in [4.78, 5) is 16.1. The molecule has 1 aromatic heterocycles. The Morgan fingerprint density at radius 2 is 2.16 bits per heavy atom. The summed E-state index contributed by atoms with van der Waals surface area (Å²) in [7, 11) is 0. The van der Waals surface area contributed by atoms with Crippen molar-refractivity contribution < 1.29 is 9.53 Å². The van der Waals surface area contributed by atoms with Crippen LogP contribution in [-0.2, 0) is 10.2 Å². The van der Waals surface area contributed by atoms with Gasteiger partial charge in [-0.05, 0) is 29.9 Å². The minimum atomic E-state index is -0.139. The molecule has 0 bridgehead atoms. The van der Waals surface area contributed by atoms with Crippen LogP contribution in [0.2, 0.25) is 0 Å². The lowest BCUT2D eigenvalue weighted by atomic mass is 9.88. The highest BCUT2D eigenvalue weighted by Crippen LogP contribution is 2.23. The highest BCUT2D eigenvalue weighted by Gasteiger charge is 2.21.